The van der Waals surface area contributed by atoms with Crippen LogP contribution in [-0.4, -0.2) is 16.7 Å². The monoisotopic (exact) mass is 417 g/mol. The van der Waals surface area contributed by atoms with Gasteiger partial charge in [0.05, 0.1) is 4.90 Å². The lowest BCUT2D eigenvalue weighted by atomic mass is 9.77. The van der Waals surface area contributed by atoms with E-state index in [1.807, 2.05) is 37.4 Å². The molecule has 162 valence electrons. The third-order valence-corrected chi connectivity index (χ3v) is 7.20. The van der Waals surface area contributed by atoms with Crippen molar-refractivity contribution < 1.29 is 9.00 Å². The zero-order chi connectivity index (χ0) is 21.4. The van der Waals surface area contributed by atoms with Crippen LogP contribution < -0.4 is 0 Å². The lowest BCUT2D eigenvalue weighted by molar-refractivity contribution is -0.112. The number of rotatable bonds is 4. The number of aldehydes is 1. The van der Waals surface area contributed by atoms with Gasteiger partial charge >= 0.3 is 0 Å². The second-order valence-corrected chi connectivity index (χ2v) is 11.0. The van der Waals surface area contributed by atoms with E-state index in [9.17, 15) is 9.00 Å². The highest BCUT2D eigenvalue weighted by Gasteiger charge is 2.23. The first-order valence-corrected chi connectivity index (χ1v) is 12.4. The number of hydrogen-bond acceptors (Lipinski definition) is 2. The van der Waals surface area contributed by atoms with Gasteiger partial charge in [-0.05, 0) is 87.2 Å². The summed E-state index contributed by atoms with van der Waals surface area (Å²) in [6.45, 7) is 11.1. The maximum Gasteiger partial charge on any atom is 0.172 e. The molecule has 7 atom stereocenters. The van der Waals surface area contributed by atoms with Crippen molar-refractivity contribution in [2.75, 3.05) is 0 Å². The highest BCUT2D eigenvalue weighted by atomic mass is 32.2. The van der Waals surface area contributed by atoms with Gasteiger partial charge in [-0.1, -0.05) is 45.4 Å². The van der Waals surface area contributed by atoms with Gasteiger partial charge in [0.15, 0.2) is 11.0 Å². The summed E-state index contributed by atoms with van der Waals surface area (Å²) in [4.78, 5) is 11.2. The molecule has 1 aromatic rings. The van der Waals surface area contributed by atoms with Gasteiger partial charge in [-0.15, -0.1) is 0 Å². The Balaban J connectivity index is 0.000000253. The number of nitrogens with zero attached hydrogens (tertiary/aromatic N) is 1. The third kappa shape index (κ3) is 8.54. The molecule has 0 bridgehead atoms. The lowest BCUT2D eigenvalue weighted by Gasteiger charge is -2.28. The Labute approximate surface area is 180 Å². The van der Waals surface area contributed by atoms with Crippen LogP contribution in [0.1, 0.15) is 71.8 Å². The molecule has 4 heteroatoms. The van der Waals surface area contributed by atoms with Crippen LogP contribution in [0.4, 0.5) is 0 Å². The van der Waals surface area contributed by atoms with Gasteiger partial charge < -0.3 is 4.79 Å². The average Bonchev–Trinajstić information content (AvgIpc) is 2.65. The van der Waals surface area contributed by atoms with Crippen LogP contribution in [0.5, 0.6) is 0 Å². The molecule has 2 aliphatic carbocycles. The number of aryl methyl sites for hydroxylation is 1. The summed E-state index contributed by atoms with van der Waals surface area (Å²) in [7, 11) is -1.25. The summed E-state index contributed by atoms with van der Waals surface area (Å²) in [5.41, 5.74) is 1.18. The normalized spacial score (nSPS) is 33.6. The summed E-state index contributed by atoms with van der Waals surface area (Å²) in [6.07, 6.45) is 10.3. The van der Waals surface area contributed by atoms with Crippen LogP contribution >= 0.6 is 0 Å². The predicted molar refractivity (Wildman–Crippen MR) is 123 cm³/mol. The first kappa shape index (κ1) is 24.0. The van der Waals surface area contributed by atoms with Gasteiger partial charge in [0, 0.05) is 12.1 Å². The molecule has 0 radical (unpaired) electrons. The van der Waals surface area contributed by atoms with E-state index < -0.39 is 11.0 Å². The molecular formula is C25H39NO2S. The molecule has 0 spiro atoms. The molecule has 1 aromatic carbocycles. The Morgan fingerprint density at radius 2 is 1.24 bits per heavy atom. The minimum atomic E-state index is -1.25. The zero-order valence-electron chi connectivity index (χ0n) is 18.8. The molecule has 0 saturated heterocycles. The largest absolute Gasteiger partial charge is 0.303 e. The maximum absolute atomic E-state index is 12.1. The molecule has 0 amide bonds. The van der Waals surface area contributed by atoms with E-state index >= 15 is 0 Å². The molecule has 3 unspecified atom stereocenters. The molecule has 3 nitrogen and oxygen atoms in total. The van der Waals surface area contributed by atoms with E-state index in [1.165, 1.54) is 31.2 Å². The zero-order valence-corrected chi connectivity index (χ0v) is 19.7. The van der Waals surface area contributed by atoms with E-state index in [0.29, 0.717) is 11.8 Å². The van der Waals surface area contributed by atoms with E-state index in [4.69, 9.17) is 0 Å². The lowest BCUT2D eigenvalue weighted by Crippen LogP contribution is -2.20. The SMILES string of the molecule is C[C@@H]1CC(C=O)C[C@H](C)C1.Cc1ccc(S(=O)N=CC2C[C@@H](C)C[C@@H](C)C2)cc1. The fourth-order valence-corrected chi connectivity index (χ4v) is 5.88. The molecule has 0 aliphatic heterocycles. The van der Waals surface area contributed by atoms with Crippen molar-refractivity contribution in [3.05, 3.63) is 29.8 Å². The smallest absolute Gasteiger partial charge is 0.172 e. The highest BCUT2D eigenvalue weighted by Crippen LogP contribution is 2.32. The van der Waals surface area contributed by atoms with E-state index in [-0.39, 0.29) is 0 Å². The van der Waals surface area contributed by atoms with Crippen molar-refractivity contribution in [3.8, 4) is 0 Å². The Bertz CT molecular complexity index is 665. The Kier molecular flexibility index (Phi) is 9.74. The standard InChI is InChI=1S/C16H23NOS.C9H16O/c1-12-4-6-16(7-5-12)19(18)17-11-15-9-13(2)8-14(3)10-15;1-7-3-8(2)5-9(4-7)6-10/h4-7,11,13-15H,8-10H2,1-3H3;6-9H,3-5H2,1-2H3/t13-,14+,15?,19?;7-,8+,9?. The summed E-state index contributed by atoms with van der Waals surface area (Å²) in [5.74, 6) is 3.89. The first-order valence-electron chi connectivity index (χ1n) is 11.2. The van der Waals surface area contributed by atoms with Crippen LogP contribution in [0, 0.1) is 42.4 Å². The number of benzene rings is 1. The van der Waals surface area contributed by atoms with Crippen molar-refractivity contribution in [2.45, 2.75) is 78.0 Å². The minimum Gasteiger partial charge on any atom is -0.303 e. The van der Waals surface area contributed by atoms with Gasteiger partial charge in [-0.25, -0.2) is 4.21 Å². The van der Waals surface area contributed by atoms with E-state index in [2.05, 4.69) is 32.1 Å². The number of hydrogen-bond donors (Lipinski definition) is 0. The van der Waals surface area contributed by atoms with Gasteiger partial charge in [0.2, 0.25) is 0 Å². The second kappa shape index (κ2) is 11.8. The third-order valence-electron chi connectivity index (χ3n) is 6.21. The summed E-state index contributed by atoms with van der Waals surface area (Å²) < 4.78 is 16.3. The topological polar surface area (TPSA) is 46.5 Å². The van der Waals surface area contributed by atoms with Crippen molar-refractivity contribution in [1.29, 1.82) is 0 Å². The van der Waals surface area contributed by atoms with Crippen LogP contribution in [0.15, 0.2) is 33.6 Å². The van der Waals surface area contributed by atoms with Crippen LogP contribution in [0.25, 0.3) is 0 Å². The number of carbonyl (C=O) groups excluding carboxylic acids is 1. The first-order chi connectivity index (χ1) is 13.8. The fraction of sp³-hybridized carbons (Fsp3) is 0.680. The molecule has 29 heavy (non-hydrogen) atoms. The molecule has 0 aromatic heterocycles. The average molecular weight is 418 g/mol. The second-order valence-electron chi connectivity index (χ2n) is 9.81. The Morgan fingerprint density at radius 3 is 1.69 bits per heavy atom. The molecule has 0 N–H and O–H groups in total. The highest BCUT2D eigenvalue weighted by molar-refractivity contribution is 7.83. The molecule has 2 saturated carbocycles. The fourth-order valence-electron chi connectivity index (χ4n) is 5.11. The predicted octanol–water partition coefficient (Wildman–Crippen LogP) is 6.42. The van der Waals surface area contributed by atoms with Crippen LogP contribution in [-0.2, 0) is 15.8 Å². The Hall–Kier alpha value is -1.29. The molecule has 2 aliphatic rings. The molecule has 3 rings (SSSR count). The van der Waals surface area contributed by atoms with Crippen LogP contribution in [0.3, 0.4) is 0 Å². The molecular weight excluding hydrogens is 378 g/mol. The van der Waals surface area contributed by atoms with Gasteiger partial charge in [-0.3, -0.25) is 0 Å². The van der Waals surface area contributed by atoms with Crippen molar-refractivity contribution in [2.24, 2.45) is 39.9 Å². The van der Waals surface area contributed by atoms with Crippen molar-refractivity contribution in [1.82, 2.24) is 0 Å². The quantitative estimate of drug-likeness (QED) is 0.419. The van der Waals surface area contributed by atoms with Gasteiger partial charge in [0.25, 0.3) is 0 Å². The maximum atomic E-state index is 12.1. The summed E-state index contributed by atoms with van der Waals surface area (Å²) >= 11 is 0. The van der Waals surface area contributed by atoms with Gasteiger partial charge in [-0.2, -0.15) is 4.40 Å². The Morgan fingerprint density at radius 1 is 0.793 bits per heavy atom. The van der Waals surface area contributed by atoms with Gasteiger partial charge in [0.1, 0.15) is 6.29 Å². The summed E-state index contributed by atoms with van der Waals surface area (Å²) in [6, 6.07) is 7.75. The van der Waals surface area contributed by atoms with Crippen molar-refractivity contribution >= 4 is 23.5 Å². The summed E-state index contributed by atoms with van der Waals surface area (Å²) in [5, 5.41) is 0. The van der Waals surface area contributed by atoms with E-state index in [1.54, 1.807) is 0 Å². The molecule has 0 heterocycles. The minimum absolute atomic E-state index is 0.360. The van der Waals surface area contributed by atoms with Crippen molar-refractivity contribution in [3.63, 3.8) is 0 Å². The van der Waals surface area contributed by atoms with E-state index in [0.717, 1.165) is 47.7 Å². The molecule has 2 fully saturated rings. The van der Waals surface area contributed by atoms with Crippen LogP contribution in [0.2, 0.25) is 0 Å². The number of carbonyl (C=O) groups is 1.